The van der Waals surface area contributed by atoms with Crippen molar-refractivity contribution in [3.63, 3.8) is 0 Å². The molecule has 1 unspecified atom stereocenters. The Bertz CT molecular complexity index is 476. The molecular weight excluding hydrogens is 227 g/mol. The number of rotatable bonds is 3. The maximum absolute atomic E-state index is 13.1. The fraction of sp³-hybridized carbons (Fsp3) is 0.273. The smallest absolute Gasteiger partial charge is 0.319 e. The maximum atomic E-state index is 13.1. The first-order valence-corrected chi connectivity index (χ1v) is 5.02. The van der Waals surface area contributed by atoms with E-state index in [0.717, 1.165) is 0 Å². The van der Waals surface area contributed by atoms with Crippen LogP contribution in [0.3, 0.4) is 0 Å². The minimum atomic E-state index is -0.722. The lowest BCUT2D eigenvalue weighted by Crippen LogP contribution is -2.32. The molecular formula is C11H11FN2O3. The molecule has 5 nitrogen and oxygen atoms in total. The van der Waals surface area contributed by atoms with Crippen LogP contribution in [0.2, 0.25) is 0 Å². The minimum absolute atomic E-state index is 0.107. The molecule has 0 aliphatic carbocycles. The molecule has 1 aromatic carbocycles. The number of hydrogen-bond acceptors (Lipinski definition) is 4. The van der Waals surface area contributed by atoms with Crippen molar-refractivity contribution in [2.75, 3.05) is 19.0 Å². The molecule has 0 spiro atoms. The summed E-state index contributed by atoms with van der Waals surface area (Å²) >= 11 is 0. The highest BCUT2D eigenvalue weighted by atomic mass is 19.1. The van der Waals surface area contributed by atoms with E-state index in [-0.39, 0.29) is 12.5 Å². The molecule has 90 valence electrons. The van der Waals surface area contributed by atoms with Crippen molar-refractivity contribution in [1.29, 1.82) is 0 Å². The van der Waals surface area contributed by atoms with Gasteiger partial charge in [0.05, 0.1) is 13.7 Å². The van der Waals surface area contributed by atoms with E-state index in [0.29, 0.717) is 11.3 Å². The van der Waals surface area contributed by atoms with Gasteiger partial charge >= 0.3 is 5.97 Å². The van der Waals surface area contributed by atoms with Crippen molar-refractivity contribution in [1.82, 2.24) is 5.32 Å². The molecule has 0 aromatic heterocycles. The molecule has 17 heavy (non-hydrogen) atoms. The highest BCUT2D eigenvalue weighted by Crippen LogP contribution is 2.30. The molecule has 2 rings (SSSR count). The van der Waals surface area contributed by atoms with Crippen LogP contribution in [0.4, 0.5) is 10.1 Å². The number of ether oxygens (including phenoxy) is 1. The van der Waals surface area contributed by atoms with E-state index < -0.39 is 17.8 Å². The lowest BCUT2D eigenvalue weighted by molar-refractivity contribution is -0.139. The predicted molar refractivity (Wildman–Crippen MR) is 57.8 cm³/mol. The van der Waals surface area contributed by atoms with Gasteiger partial charge in [0.1, 0.15) is 11.9 Å². The number of amides is 1. The minimum Gasteiger partial charge on any atom is -0.468 e. The molecule has 2 N–H and O–H groups in total. The molecule has 1 atom stereocenters. The predicted octanol–water partition coefficient (Wildman–Crippen LogP) is 0.581. The van der Waals surface area contributed by atoms with Crippen molar-refractivity contribution >= 4 is 17.6 Å². The molecule has 1 aromatic rings. The lowest BCUT2D eigenvalue weighted by Gasteiger charge is -2.10. The van der Waals surface area contributed by atoms with Gasteiger partial charge in [-0.25, -0.2) is 4.39 Å². The number of halogens is 1. The highest BCUT2D eigenvalue weighted by Gasteiger charge is 2.30. The largest absolute Gasteiger partial charge is 0.468 e. The highest BCUT2D eigenvalue weighted by molar-refractivity contribution is 6.02. The number of esters is 1. The van der Waals surface area contributed by atoms with Gasteiger partial charge in [-0.05, 0) is 18.2 Å². The fourth-order valence-electron chi connectivity index (χ4n) is 1.69. The summed E-state index contributed by atoms with van der Waals surface area (Å²) in [4.78, 5) is 22.6. The summed E-state index contributed by atoms with van der Waals surface area (Å²) in [5.41, 5.74) is 1.05. The zero-order valence-electron chi connectivity index (χ0n) is 9.12. The number of methoxy groups -OCH3 is 1. The molecule has 0 bridgehead atoms. The summed E-state index contributed by atoms with van der Waals surface area (Å²) in [5, 5.41) is 5.31. The van der Waals surface area contributed by atoms with Crippen LogP contribution in [0.25, 0.3) is 0 Å². The third-order valence-corrected chi connectivity index (χ3v) is 2.52. The van der Waals surface area contributed by atoms with Crippen LogP contribution in [0.5, 0.6) is 0 Å². The Balaban J connectivity index is 2.16. The van der Waals surface area contributed by atoms with Gasteiger partial charge in [0.15, 0.2) is 0 Å². The van der Waals surface area contributed by atoms with Crippen molar-refractivity contribution in [2.24, 2.45) is 0 Å². The zero-order valence-corrected chi connectivity index (χ0v) is 9.12. The van der Waals surface area contributed by atoms with Crippen molar-refractivity contribution in [2.45, 2.75) is 6.04 Å². The number of anilines is 1. The third kappa shape index (κ3) is 2.26. The number of carbonyl (C=O) groups excluding carboxylic acids is 2. The number of fused-ring (bicyclic) bond motifs is 1. The zero-order chi connectivity index (χ0) is 12.4. The Morgan fingerprint density at radius 1 is 1.59 bits per heavy atom. The summed E-state index contributed by atoms with van der Waals surface area (Å²) in [5.74, 6) is -1.22. The van der Waals surface area contributed by atoms with Crippen LogP contribution in [-0.4, -0.2) is 25.5 Å². The molecule has 1 heterocycles. The van der Waals surface area contributed by atoms with Crippen LogP contribution in [-0.2, 0) is 14.3 Å². The number of carbonyl (C=O) groups is 2. The van der Waals surface area contributed by atoms with Crippen molar-refractivity contribution < 1.29 is 18.7 Å². The van der Waals surface area contributed by atoms with Gasteiger partial charge in [0.2, 0.25) is 5.91 Å². The number of hydrogen-bond donors (Lipinski definition) is 2. The summed E-state index contributed by atoms with van der Waals surface area (Å²) in [6.45, 7) is -0.107. The Hall–Kier alpha value is -1.95. The Morgan fingerprint density at radius 3 is 3.06 bits per heavy atom. The van der Waals surface area contributed by atoms with Gasteiger partial charge in [-0.1, -0.05) is 0 Å². The molecule has 1 amide bonds. The summed E-state index contributed by atoms with van der Waals surface area (Å²) < 4.78 is 17.5. The standard InChI is InChI=1S/C11H11FN2O3/c1-17-9(15)5-13-10-7-4-6(12)2-3-8(7)14-11(10)16/h2-4,10,13H,5H2,1H3,(H,14,16). The Kier molecular flexibility index (Phi) is 3.06. The Labute approximate surface area is 97.0 Å². The molecule has 0 radical (unpaired) electrons. The van der Waals surface area contributed by atoms with Crippen LogP contribution in [0, 0.1) is 5.82 Å². The first-order chi connectivity index (χ1) is 8.11. The molecule has 6 heteroatoms. The van der Waals surface area contributed by atoms with Gasteiger partial charge in [-0.3, -0.25) is 14.9 Å². The average Bonchev–Trinajstić information content (AvgIpc) is 2.61. The van der Waals surface area contributed by atoms with Gasteiger partial charge in [-0.15, -0.1) is 0 Å². The van der Waals surface area contributed by atoms with Crippen molar-refractivity contribution in [3.05, 3.63) is 29.6 Å². The second kappa shape index (κ2) is 4.50. The fourth-order valence-corrected chi connectivity index (χ4v) is 1.69. The van der Waals surface area contributed by atoms with E-state index in [9.17, 15) is 14.0 Å². The quantitative estimate of drug-likeness (QED) is 0.756. The summed E-state index contributed by atoms with van der Waals surface area (Å²) in [6.07, 6.45) is 0. The van der Waals surface area contributed by atoms with E-state index in [1.165, 1.54) is 25.3 Å². The van der Waals surface area contributed by atoms with Crippen LogP contribution >= 0.6 is 0 Å². The van der Waals surface area contributed by atoms with Crippen molar-refractivity contribution in [3.8, 4) is 0 Å². The van der Waals surface area contributed by atoms with Gasteiger partial charge < -0.3 is 10.1 Å². The van der Waals surface area contributed by atoms with Gasteiger partial charge in [0.25, 0.3) is 0 Å². The molecule has 0 saturated carbocycles. The van der Waals surface area contributed by atoms with E-state index in [1.807, 2.05) is 0 Å². The van der Waals surface area contributed by atoms with Crippen LogP contribution in [0.15, 0.2) is 18.2 Å². The van der Waals surface area contributed by atoms with E-state index in [4.69, 9.17) is 0 Å². The average molecular weight is 238 g/mol. The first kappa shape index (κ1) is 11.5. The second-order valence-electron chi connectivity index (χ2n) is 3.61. The van der Waals surface area contributed by atoms with E-state index in [2.05, 4.69) is 15.4 Å². The monoisotopic (exact) mass is 238 g/mol. The van der Waals surface area contributed by atoms with E-state index >= 15 is 0 Å². The van der Waals surface area contributed by atoms with Gasteiger partial charge in [0, 0.05) is 11.3 Å². The normalized spacial score (nSPS) is 17.5. The molecule has 1 aliphatic heterocycles. The Morgan fingerprint density at radius 2 is 2.35 bits per heavy atom. The summed E-state index contributed by atoms with van der Waals surface area (Å²) in [6, 6.07) is 3.30. The molecule has 0 fully saturated rings. The molecule has 0 saturated heterocycles. The third-order valence-electron chi connectivity index (χ3n) is 2.52. The number of benzene rings is 1. The number of nitrogens with one attached hydrogen (secondary N) is 2. The lowest BCUT2D eigenvalue weighted by atomic mass is 10.1. The van der Waals surface area contributed by atoms with Crippen LogP contribution < -0.4 is 10.6 Å². The van der Waals surface area contributed by atoms with Crippen LogP contribution in [0.1, 0.15) is 11.6 Å². The second-order valence-corrected chi connectivity index (χ2v) is 3.61. The molecule has 1 aliphatic rings. The van der Waals surface area contributed by atoms with Gasteiger partial charge in [-0.2, -0.15) is 0 Å². The summed E-state index contributed by atoms with van der Waals surface area (Å²) in [7, 11) is 1.26. The first-order valence-electron chi connectivity index (χ1n) is 5.02. The SMILES string of the molecule is COC(=O)CNC1C(=O)Nc2ccc(F)cc21. The van der Waals surface area contributed by atoms with E-state index in [1.54, 1.807) is 0 Å². The maximum Gasteiger partial charge on any atom is 0.319 e. The topological polar surface area (TPSA) is 67.4 Å².